The van der Waals surface area contributed by atoms with E-state index in [9.17, 15) is 4.79 Å². The van der Waals surface area contributed by atoms with Crippen LogP contribution in [0.3, 0.4) is 0 Å². The van der Waals surface area contributed by atoms with E-state index in [2.05, 4.69) is 43.5 Å². The molecule has 0 spiro atoms. The predicted octanol–water partition coefficient (Wildman–Crippen LogP) is 3.75. The second-order valence-corrected chi connectivity index (χ2v) is 9.91. The highest BCUT2D eigenvalue weighted by Gasteiger charge is 2.27. The summed E-state index contributed by atoms with van der Waals surface area (Å²) in [7, 11) is 0. The maximum absolute atomic E-state index is 13.1. The molecular formula is C27H32ClN5O3. The third-order valence-corrected chi connectivity index (χ3v) is 7.09. The van der Waals surface area contributed by atoms with Crippen molar-refractivity contribution >= 4 is 17.5 Å². The second-order valence-electron chi connectivity index (χ2n) is 9.47. The van der Waals surface area contributed by atoms with Gasteiger partial charge in [-0.05, 0) is 42.6 Å². The number of amides is 1. The van der Waals surface area contributed by atoms with Gasteiger partial charge in [0.2, 0.25) is 17.6 Å². The largest absolute Gasteiger partial charge is 0.379 e. The van der Waals surface area contributed by atoms with Crippen LogP contribution in [0.1, 0.15) is 29.9 Å². The number of benzene rings is 2. The van der Waals surface area contributed by atoms with Crippen LogP contribution < -0.4 is 5.32 Å². The van der Waals surface area contributed by atoms with Crippen molar-refractivity contribution in [1.29, 1.82) is 0 Å². The Morgan fingerprint density at radius 2 is 1.86 bits per heavy atom. The Labute approximate surface area is 216 Å². The molecule has 0 bridgehead atoms. The normalized spacial score (nSPS) is 19.3. The van der Waals surface area contributed by atoms with Gasteiger partial charge in [-0.25, -0.2) is 0 Å². The molecule has 1 aromatic heterocycles. The zero-order chi connectivity index (χ0) is 24.7. The van der Waals surface area contributed by atoms with Gasteiger partial charge in [0.15, 0.2) is 0 Å². The summed E-state index contributed by atoms with van der Waals surface area (Å²) in [6.07, 6.45) is 1.84. The Balaban J connectivity index is 1.14. The molecule has 1 atom stereocenters. The van der Waals surface area contributed by atoms with Crippen LogP contribution in [0.4, 0.5) is 0 Å². The SMILES string of the molecule is O=C(NCc1ccccc1CN1CCOCC1)C1CCCN(Cc2nc(-c3cccc(Cl)c3)no2)C1. The summed E-state index contributed by atoms with van der Waals surface area (Å²) in [5.74, 6) is 1.11. The minimum Gasteiger partial charge on any atom is -0.379 e. The lowest BCUT2D eigenvalue weighted by molar-refractivity contribution is -0.127. The number of piperidine rings is 1. The molecule has 36 heavy (non-hydrogen) atoms. The van der Waals surface area contributed by atoms with E-state index in [0.29, 0.717) is 36.4 Å². The highest BCUT2D eigenvalue weighted by Crippen LogP contribution is 2.22. The van der Waals surface area contributed by atoms with Crippen molar-refractivity contribution < 1.29 is 14.1 Å². The Bertz CT molecular complexity index is 1160. The van der Waals surface area contributed by atoms with Crippen molar-refractivity contribution in [3.05, 3.63) is 70.6 Å². The minimum atomic E-state index is -0.0551. The Kier molecular flexibility index (Phi) is 8.28. The van der Waals surface area contributed by atoms with Crippen molar-refractivity contribution in [2.75, 3.05) is 39.4 Å². The summed E-state index contributed by atoms with van der Waals surface area (Å²) in [6.45, 7) is 6.98. The van der Waals surface area contributed by atoms with E-state index in [-0.39, 0.29) is 11.8 Å². The van der Waals surface area contributed by atoms with E-state index in [4.69, 9.17) is 20.9 Å². The quantitative estimate of drug-likeness (QED) is 0.495. The topological polar surface area (TPSA) is 83.7 Å². The van der Waals surface area contributed by atoms with Crippen LogP contribution in [0.25, 0.3) is 11.4 Å². The van der Waals surface area contributed by atoms with Gasteiger partial charge >= 0.3 is 0 Å². The number of carbonyl (C=O) groups excluding carboxylic acids is 1. The molecule has 5 rings (SSSR count). The fourth-order valence-electron chi connectivity index (χ4n) is 4.88. The molecule has 2 aromatic carbocycles. The maximum atomic E-state index is 13.1. The number of hydrogen-bond donors (Lipinski definition) is 1. The van der Waals surface area contributed by atoms with E-state index in [1.54, 1.807) is 0 Å². The highest BCUT2D eigenvalue weighted by atomic mass is 35.5. The maximum Gasteiger partial charge on any atom is 0.241 e. The summed E-state index contributed by atoms with van der Waals surface area (Å²) < 4.78 is 10.9. The average molecular weight is 510 g/mol. The summed E-state index contributed by atoms with van der Waals surface area (Å²) >= 11 is 6.08. The van der Waals surface area contributed by atoms with E-state index in [1.807, 2.05) is 30.3 Å². The second kappa shape index (κ2) is 12.0. The Morgan fingerprint density at radius 3 is 2.69 bits per heavy atom. The van der Waals surface area contributed by atoms with Crippen molar-refractivity contribution in [2.45, 2.75) is 32.5 Å². The molecule has 1 N–H and O–H groups in total. The van der Waals surface area contributed by atoms with Gasteiger partial charge < -0.3 is 14.6 Å². The fourth-order valence-corrected chi connectivity index (χ4v) is 5.07. The lowest BCUT2D eigenvalue weighted by Crippen LogP contribution is -2.42. The molecule has 9 heteroatoms. The number of morpholine rings is 1. The zero-order valence-corrected chi connectivity index (χ0v) is 21.1. The van der Waals surface area contributed by atoms with Gasteiger partial charge in [-0.2, -0.15) is 4.98 Å². The van der Waals surface area contributed by atoms with Crippen LogP contribution >= 0.6 is 11.6 Å². The van der Waals surface area contributed by atoms with E-state index >= 15 is 0 Å². The number of likely N-dealkylation sites (tertiary alicyclic amines) is 1. The van der Waals surface area contributed by atoms with Gasteiger partial charge in [0, 0.05) is 43.3 Å². The monoisotopic (exact) mass is 509 g/mol. The van der Waals surface area contributed by atoms with Crippen molar-refractivity contribution in [3.63, 3.8) is 0 Å². The van der Waals surface area contributed by atoms with Gasteiger partial charge in [-0.3, -0.25) is 14.6 Å². The molecule has 8 nitrogen and oxygen atoms in total. The third-order valence-electron chi connectivity index (χ3n) is 6.86. The molecule has 2 aliphatic heterocycles. The van der Waals surface area contributed by atoms with Crippen molar-refractivity contribution in [3.8, 4) is 11.4 Å². The first-order chi connectivity index (χ1) is 17.6. The summed E-state index contributed by atoms with van der Waals surface area (Å²) in [5.41, 5.74) is 3.25. The summed E-state index contributed by atoms with van der Waals surface area (Å²) in [4.78, 5) is 22.2. The van der Waals surface area contributed by atoms with Crippen molar-refractivity contribution in [2.24, 2.45) is 5.92 Å². The lowest BCUT2D eigenvalue weighted by atomic mass is 9.97. The first-order valence-electron chi connectivity index (χ1n) is 12.6. The van der Waals surface area contributed by atoms with Crippen LogP contribution in [0.15, 0.2) is 53.1 Å². The van der Waals surface area contributed by atoms with Crippen LogP contribution in [-0.2, 0) is 29.2 Å². The molecule has 2 aliphatic rings. The third kappa shape index (κ3) is 6.50. The van der Waals surface area contributed by atoms with Crippen LogP contribution in [0.2, 0.25) is 5.02 Å². The van der Waals surface area contributed by atoms with Gasteiger partial charge in [-0.15, -0.1) is 0 Å². The Morgan fingerprint density at radius 1 is 1.03 bits per heavy atom. The van der Waals surface area contributed by atoms with Crippen molar-refractivity contribution in [1.82, 2.24) is 25.3 Å². The molecule has 2 saturated heterocycles. The molecule has 190 valence electrons. The Hall–Kier alpha value is -2.78. The fraction of sp³-hybridized carbons (Fsp3) is 0.444. The number of carbonyl (C=O) groups is 1. The first-order valence-corrected chi connectivity index (χ1v) is 13.0. The number of ether oxygens (including phenoxy) is 1. The van der Waals surface area contributed by atoms with Gasteiger partial charge in [0.25, 0.3) is 0 Å². The molecule has 0 aliphatic carbocycles. The molecule has 3 heterocycles. The smallest absolute Gasteiger partial charge is 0.241 e. The number of nitrogens with one attached hydrogen (secondary N) is 1. The lowest BCUT2D eigenvalue weighted by Gasteiger charge is -2.31. The molecule has 0 saturated carbocycles. The van der Waals surface area contributed by atoms with Crippen LogP contribution in [0.5, 0.6) is 0 Å². The van der Waals surface area contributed by atoms with Gasteiger partial charge in [0.05, 0.1) is 25.7 Å². The summed E-state index contributed by atoms with van der Waals surface area (Å²) in [5, 5.41) is 7.92. The van der Waals surface area contributed by atoms with Gasteiger partial charge in [-0.1, -0.05) is 53.2 Å². The number of hydrogen-bond acceptors (Lipinski definition) is 7. The van der Waals surface area contributed by atoms with E-state index < -0.39 is 0 Å². The van der Waals surface area contributed by atoms with E-state index in [1.165, 1.54) is 11.1 Å². The molecule has 2 fully saturated rings. The number of rotatable bonds is 8. The van der Waals surface area contributed by atoms with Crippen LogP contribution in [-0.4, -0.2) is 65.2 Å². The molecule has 0 radical (unpaired) electrons. The first kappa shape index (κ1) is 24.9. The molecule has 3 aromatic rings. The molecule has 1 amide bonds. The minimum absolute atomic E-state index is 0.0551. The highest BCUT2D eigenvalue weighted by molar-refractivity contribution is 6.30. The number of aromatic nitrogens is 2. The standard InChI is InChI=1S/C27H32ClN5O3/c28-24-9-3-7-20(15-24)26-30-25(36-31-26)19-33-10-4-8-23(18-33)27(34)29-16-21-5-1-2-6-22(21)17-32-11-13-35-14-12-32/h1-3,5-7,9,15,23H,4,8,10-14,16-19H2,(H,29,34). The zero-order valence-electron chi connectivity index (χ0n) is 20.4. The number of nitrogens with zero attached hydrogens (tertiary/aromatic N) is 4. The summed E-state index contributed by atoms with van der Waals surface area (Å²) in [6, 6.07) is 15.8. The molecule has 1 unspecified atom stereocenters. The average Bonchev–Trinajstić information content (AvgIpc) is 3.37. The number of halogens is 1. The van der Waals surface area contributed by atoms with Crippen LogP contribution in [0, 0.1) is 5.92 Å². The van der Waals surface area contributed by atoms with E-state index in [0.717, 1.165) is 57.8 Å². The molecular weight excluding hydrogens is 478 g/mol. The predicted molar refractivity (Wildman–Crippen MR) is 137 cm³/mol. The van der Waals surface area contributed by atoms with Gasteiger partial charge in [0.1, 0.15) is 0 Å².